The van der Waals surface area contributed by atoms with Crippen LogP contribution in [0.25, 0.3) is 10.9 Å². The number of carboxylic acids is 1. The van der Waals surface area contributed by atoms with Gasteiger partial charge in [0.15, 0.2) is 10.9 Å². The van der Waals surface area contributed by atoms with Crippen molar-refractivity contribution in [2.45, 2.75) is 38.0 Å². The summed E-state index contributed by atoms with van der Waals surface area (Å²) in [6, 6.07) is 15.1. The molecule has 1 saturated heterocycles. The van der Waals surface area contributed by atoms with Crippen molar-refractivity contribution in [2.75, 3.05) is 31.5 Å². The van der Waals surface area contributed by atoms with Crippen molar-refractivity contribution < 1.29 is 19.5 Å². The van der Waals surface area contributed by atoms with E-state index in [1.54, 1.807) is 23.6 Å². The fourth-order valence-electron chi connectivity index (χ4n) is 5.36. The molecule has 1 amide bonds. The average molecular weight is 560 g/mol. The SMILES string of the molecule is NCCCc1c(C(=O)O)[nH]c2ccc(C(=O)Nc3nc(C(=O)CC(CN4CCCC4)c4ccccc4)cs3)cc12. The number of ketones is 1. The van der Waals surface area contributed by atoms with Gasteiger partial charge in [0.2, 0.25) is 0 Å². The van der Waals surface area contributed by atoms with Gasteiger partial charge in [-0.25, -0.2) is 9.78 Å². The van der Waals surface area contributed by atoms with Crippen molar-refractivity contribution in [1.29, 1.82) is 0 Å². The molecule has 4 aromatic rings. The number of amides is 1. The molecule has 1 aliphatic rings. The molecule has 1 unspecified atom stereocenters. The summed E-state index contributed by atoms with van der Waals surface area (Å²) in [6.07, 6.45) is 3.85. The van der Waals surface area contributed by atoms with Gasteiger partial charge < -0.3 is 20.7 Å². The Bertz CT molecular complexity index is 1510. The number of nitrogens with two attached hydrogens (primary N) is 1. The fourth-order valence-corrected chi connectivity index (χ4v) is 6.07. The lowest BCUT2D eigenvalue weighted by molar-refractivity contribution is 0.0689. The molecule has 1 atom stereocenters. The summed E-state index contributed by atoms with van der Waals surface area (Å²) in [5, 5.41) is 15.1. The van der Waals surface area contributed by atoms with E-state index in [9.17, 15) is 19.5 Å². The summed E-state index contributed by atoms with van der Waals surface area (Å²) < 4.78 is 0. The number of H-pyrrole nitrogens is 1. The summed E-state index contributed by atoms with van der Waals surface area (Å²) in [5.74, 6) is -1.41. The van der Waals surface area contributed by atoms with Crippen LogP contribution in [0.4, 0.5) is 5.13 Å². The summed E-state index contributed by atoms with van der Waals surface area (Å²) >= 11 is 1.21. The third-order valence-electron chi connectivity index (χ3n) is 7.40. The second-order valence-electron chi connectivity index (χ2n) is 10.2. The Balaban J connectivity index is 1.29. The van der Waals surface area contributed by atoms with Crippen LogP contribution in [-0.2, 0) is 6.42 Å². The summed E-state index contributed by atoms with van der Waals surface area (Å²) in [4.78, 5) is 47.8. The topological polar surface area (TPSA) is 141 Å². The molecule has 0 saturated carbocycles. The lowest BCUT2D eigenvalue weighted by Crippen LogP contribution is -2.27. The molecule has 0 spiro atoms. The number of likely N-dealkylation sites (tertiary alicyclic amines) is 1. The third kappa shape index (κ3) is 6.30. The van der Waals surface area contributed by atoms with Crippen LogP contribution < -0.4 is 11.1 Å². The maximum atomic E-state index is 13.3. The predicted molar refractivity (Wildman–Crippen MR) is 157 cm³/mol. The molecule has 5 N–H and O–H groups in total. The quantitative estimate of drug-likeness (QED) is 0.181. The Kier molecular flexibility index (Phi) is 8.69. The van der Waals surface area contributed by atoms with Gasteiger partial charge in [0.05, 0.1) is 0 Å². The molecule has 40 heavy (non-hydrogen) atoms. The van der Waals surface area contributed by atoms with Crippen LogP contribution in [0.15, 0.2) is 53.9 Å². The zero-order valence-electron chi connectivity index (χ0n) is 22.2. The van der Waals surface area contributed by atoms with E-state index in [-0.39, 0.29) is 23.3 Å². The molecule has 10 heteroatoms. The predicted octanol–water partition coefficient (Wildman–Crippen LogP) is 4.92. The minimum Gasteiger partial charge on any atom is -0.477 e. The number of thiazole rings is 1. The number of aromatic nitrogens is 2. The van der Waals surface area contributed by atoms with Crippen LogP contribution in [-0.4, -0.2) is 63.8 Å². The Labute approximate surface area is 236 Å². The van der Waals surface area contributed by atoms with E-state index in [4.69, 9.17) is 5.73 Å². The molecule has 1 fully saturated rings. The van der Waals surface area contributed by atoms with Crippen LogP contribution in [0.2, 0.25) is 0 Å². The number of nitrogens with zero attached hydrogens (tertiary/aromatic N) is 2. The standard InChI is InChI=1S/C30H33N5O4S/c31-12-6-9-22-23-15-20(10-11-24(23)32-27(22)29(38)39)28(37)34-30-33-25(18-40-30)26(36)16-21(17-35-13-4-5-14-35)19-7-2-1-3-8-19/h1-3,7-8,10-11,15,18,21,32H,4-6,9,12-14,16-17,31H2,(H,38,39)(H,33,34,37). The number of carbonyl (C=O) groups is 3. The highest BCUT2D eigenvalue weighted by molar-refractivity contribution is 7.14. The Hall–Kier alpha value is -3.86. The number of aryl methyl sites for hydroxylation is 1. The zero-order chi connectivity index (χ0) is 28.1. The first-order valence-electron chi connectivity index (χ1n) is 13.6. The highest BCUT2D eigenvalue weighted by Crippen LogP contribution is 2.28. The number of aromatic amines is 1. The number of hydrogen-bond donors (Lipinski definition) is 4. The van der Waals surface area contributed by atoms with E-state index in [0.29, 0.717) is 58.7 Å². The van der Waals surface area contributed by atoms with Gasteiger partial charge in [0.1, 0.15) is 11.4 Å². The molecule has 1 aliphatic heterocycles. The molecule has 208 valence electrons. The van der Waals surface area contributed by atoms with Crippen molar-refractivity contribution >= 4 is 45.0 Å². The number of anilines is 1. The van der Waals surface area contributed by atoms with E-state index in [2.05, 4.69) is 32.3 Å². The Morgan fingerprint density at radius 2 is 1.90 bits per heavy atom. The number of benzene rings is 2. The molecule has 3 heterocycles. The largest absolute Gasteiger partial charge is 0.477 e. The van der Waals surface area contributed by atoms with Crippen molar-refractivity contribution in [3.63, 3.8) is 0 Å². The Morgan fingerprint density at radius 3 is 2.62 bits per heavy atom. The van der Waals surface area contributed by atoms with Crippen molar-refractivity contribution in [1.82, 2.24) is 14.9 Å². The summed E-state index contributed by atoms with van der Waals surface area (Å²) in [7, 11) is 0. The zero-order valence-corrected chi connectivity index (χ0v) is 23.0. The molecule has 5 rings (SSSR count). The third-order valence-corrected chi connectivity index (χ3v) is 8.16. The van der Waals surface area contributed by atoms with E-state index >= 15 is 0 Å². The first-order chi connectivity index (χ1) is 19.4. The van der Waals surface area contributed by atoms with Gasteiger partial charge in [-0.2, -0.15) is 0 Å². The number of rotatable bonds is 12. The monoisotopic (exact) mass is 559 g/mol. The lowest BCUT2D eigenvalue weighted by atomic mass is 9.92. The van der Waals surface area contributed by atoms with Gasteiger partial charge in [-0.3, -0.25) is 14.9 Å². The smallest absolute Gasteiger partial charge is 0.352 e. The van der Waals surface area contributed by atoms with Crippen molar-refractivity contribution in [2.24, 2.45) is 5.73 Å². The maximum absolute atomic E-state index is 13.3. The minimum atomic E-state index is -1.05. The molecule has 2 aromatic carbocycles. The minimum absolute atomic E-state index is 0.0516. The highest BCUT2D eigenvalue weighted by Gasteiger charge is 2.24. The van der Waals surface area contributed by atoms with Crippen molar-refractivity contribution in [3.05, 3.63) is 82.0 Å². The normalized spacial score (nSPS) is 14.4. The number of hydrogen-bond acceptors (Lipinski definition) is 7. The van der Waals surface area contributed by atoms with Crippen LogP contribution in [0.5, 0.6) is 0 Å². The van der Waals surface area contributed by atoms with Crippen LogP contribution in [0.3, 0.4) is 0 Å². The number of carbonyl (C=O) groups excluding carboxylic acids is 2. The molecule has 0 aliphatic carbocycles. The lowest BCUT2D eigenvalue weighted by Gasteiger charge is -2.23. The molecule has 2 aromatic heterocycles. The number of carboxylic acid groups (broad SMARTS) is 1. The molecule has 0 bridgehead atoms. The highest BCUT2D eigenvalue weighted by atomic mass is 32.1. The van der Waals surface area contributed by atoms with E-state index in [1.807, 2.05) is 18.2 Å². The van der Waals surface area contributed by atoms with Gasteiger partial charge in [0.25, 0.3) is 5.91 Å². The number of nitrogens with one attached hydrogen (secondary N) is 2. The molecule has 0 radical (unpaired) electrons. The average Bonchev–Trinajstić information content (AvgIpc) is 3.72. The van der Waals surface area contributed by atoms with Gasteiger partial charge >= 0.3 is 5.97 Å². The second kappa shape index (κ2) is 12.5. The maximum Gasteiger partial charge on any atom is 0.352 e. The second-order valence-corrected chi connectivity index (χ2v) is 11.0. The summed E-state index contributed by atoms with van der Waals surface area (Å²) in [5.41, 5.74) is 8.89. The first-order valence-corrected chi connectivity index (χ1v) is 14.5. The Morgan fingerprint density at radius 1 is 1.12 bits per heavy atom. The fraction of sp³-hybridized carbons (Fsp3) is 0.333. The number of Topliss-reactive ketones (excluding diaryl/α,β-unsaturated/α-hetero) is 1. The molecule has 9 nitrogen and oxygen atoms in total. The van der Waals surface area contributed by atoms with Gasteiger partial charge in [0, 0.05) is 40.7 Å². The van der Waals surface area contributed by atoms with Gasteiger partial charge in [-0.1, -0.05) is 30.3 Å². The molecular weight excluding hydrogens is 526 g/mol. The number of fused-ring (bicyclic) bond motifs is 1. The van der Waals surface area contributed by atoms with E-state index in [0.717, 1.165) is 25.2 Å². The van der Waals surface area contributed by atoms with Crippen LogP contribution in [0.1, 0.15) is 74.1 Å². The van der Waals surface area contributed by atoms with Gasteiger partial charge in [-0.15, -0.1) is 11.3 Å². The van der Waals surface area contributed by atoms with Crippen LogP contribution >= 0.6 is 11.3 Å². The first kappa shape index (κ1) is 27.7. The van der Waals surface area contributed by atoms with Crippen LogP contribution in [0, 0.1) is 0 Å². The van der Waals surface area contributed by atoms with Crippen molar-refractivity contribution in [3.8, 4) is 0 Å². The molecular formula is C30H33N5O4S. The van der Waals surface area contributed by atoms with Gasteiger partial charge in [-0.05, 0) is 74.6 Å². The number of aromatic carboxylic acids is 1. The van der Waals surface area contributed by atoms with E-state index < -0.39 is 5.97 Å². The summed E-state index contributed by atoms with van der Waals surface area (Å²) in [6.45, 7) is 3.39. The van der Waals surface area contributed by atoms with E-state index in [1.165, 1.54) is 24.2 Å².